The molecule has 5 rings (SSSR count). The first-order chi connectivity index (χ1) is 17.1. The highest BCUT2D eigenvalue weighted by Gasteiger charge is 2.35. The highest BCUT2D eigenvalue weighted by Crippen LogP contribution is 2.37. The smallest absolute Gasteiger partial charge is 0.338 e. The number of allylic oxidation sites excluding steroid dienone is 1. The van der Waals surface area contributed by atoms with Gasteiger partial charge in [0.2, 0.25) is 5.95 Å². The Morgan fingerprint density at radius 2 is 1.86 bits per heavy atom. The molecule has 1 aliphatic rings. The minimum atomic E-state index is -0.508. The molecule has 0 spiro atoms. The number of fused-ring (bicyclic) bond motifs is 1. The van der Waals surface area contributed by atoms with Crippen molar-refractivity contribution in [1.82, 2.24) is 19.7 Å². The van der Waals surface area contributed by atoms with E-state index in [1.807, 2.05) is 73.7 Å². The van der Waals surface area contributed by atoms with E-state index < -0.39 is 12.0 Å². The number of carbonyl (C=O) groups excluding carboxylic acids is 1. The molecule has 2 aromatic carbocycles. The molecule has 0 bridgehead atoms. The molecule has 8 heteroatoms. The van der Waals surface area contributed by atoms with Gasteiger partial charge in [0.25, 0.3) is 0 Å². The van der Waals surface area contributed by atoms with Crippen LogP contribution in [0.3, 0.4) is 0 Å². The second-order valence-corrected chi connectivity index (χ2v) is 8.08. The maximum atomic E-state index is 13.0. The summed E-state index contributed by atoms with van der Waals surface area (Å²) in [7, 11) is 0. The average Bonchev–Trinajstić information content (AvgIpc) is 3.32. The Bertz CT molecular complexity index is 1350. The standard InChI is InChI=1S/C27H25N5O3/c1-3-34-26(33)23-18(2)29-27-30-25(21-10-7-15-28-16-21)31-32(27)24(23)20-11-13-22(14-12-20)35-17-19-8-5-4-6-9-19/h4-16,24H,3,17H2,1-2H3,(H,29,30,31). The molecule has 0 saturated carbocycles. The number of benzene rings is 2. The van der Waals surface area contributed by atoms with Crippen molar-refractivity contribution in [1.29, 1.82) is 0 Å². The Balaban J connectivity index is 1.49. The molecule has 1 aliphatic heterocycles. The second-order valence-electron chi connectivity index (χ2n) is 8.08. The molecule has 176 valence electrons. The number of nitrogens with one attached hydrogen (secondary N) is 1. The molecular weight excluding hydrogens is 442 g/mol. The van der Waals surface area contributed by atoms with Gasteiger partial charge in [-0.05, 0) is 49.2 Å². The van der Waals surface area contributed by atoms with Crippen LogP contribution in [0.2, 0.25) is 0 Å². The molecule has 0 aliphatic carbocycles. The molecule has 0 fully saturated rings. The molecule has 3 heterocycles. The van der Waals surface area contributed by atoms with E-state index in [2.05, 4.69) is 15.3 Å². The molecule has 0 saturated heterocycles. The highest BCUT2D eigenvalue weighted by molar-refractivity contribution is 5.92. The zero-order chi connectivity index (χ0) is 24.2. The summed E-state index contributed by atoms with van der Waals surface area (Å²) in [4.78, 5) is 21.8. The zero-order valence-corrected chi connectivity index (χ0v) is 19.5. The molecule has 4 aromatic rings. The van der Waals surface area contributed by atoms with Gasteiger partial charge in [0.15, 0.2) is 5.82 Å². The first-order valence-electron chi connectivity index (χ1n) is 11.4. The number of anilines is 1. The van der Waals surface area contributed by atoms with Crippen LogP contribution >= 0.6 is 0 Å². The quantitative estimate of drug-likeness (QED) is 0.392. The SMILES string of the molecule is CCOC(=O)C1=C(C)Nc2nc(-c3cccnc3)nn2C1c1ccc(OCc2ccccc2)cc1. The van der Waals surface area contributed by atoms with Crippen molar-refractivity contribution in [2.45, 2.75) is 26.5 Å². The monoisotopic (exact) mass is 467 g/mol. The summed E-state index contributed by atoms with van der Waals surface area (Å²) in [6.07, 6.45) is 3.41. The number of ether oxygens (including phenoxy) is 2. The number of aromatic nitrogens is 4. The number of nitrogens with zero attached hydrogens (tertiary/aromatic N) is 4. The minimum absolute atomic E-state index is 0.278. The molecule has 8 nitrogen and oxygen atoms in total. The van der Waals surface area contributed by atoms with E-state index in [0.717, 1.165) is 22.4 Å². The summed E-state index contributed by atoms with van der Waals surface area (Å²) < 4.78 is 13.1. The van der Waals surface area contributed by atoms with Crippen molar-refractivity contribution < 1.29 is 14.3 Å². The van der Waals surface area contributed by atoms with Gasteiger partial charge >= 0.3 is 5.97 Å². The molecule has 1 unspecified atom stereocenters. The number of rotatable bonds is 7. The Hall–Kier alpha value is -4.46. The maximum Gasteiger partial charge on any atom is 0.338 e. The van der Waals surface area contributed by atoms with E-state index in [1.54, 1.807) is 24.0 Å². The van der Waals surface area contributed by atoms with Crippen molar-refractivity contribution in [3.63, 3.8) is 0 Å². The van der Waals surface area contributed by atoms with Gasteiger partial charge in [-0.1, -0.05) is 42.5 Å². The van der Waals surface area contributed by atoms with Crippen molar-refractivity contribution in [3.8, 4) is 17.1 Å². The molecule has 35 heavy (non-hydrogen) atoms. The van der Waals surface area contributed by atoms with Gasteiger partial charge in [0, 0.05) is 23.7 Å². The maximum absolute atomic E-state index is 13.0. The number of carbonyl (C=O) groups is 1. The van der Waals surface area contributed by atoms with Gasteiger partial charge in [-0.2, -0.15) is 4.98 Å². The summed E-state index contributed by atoms with van der Waals surface area (Å²) in [5.74, 6) is 1.41. The van der Waals surface area contributed by atoms with Crippen molar-refractivity contribution in [2.24, 2.45) is 0 Å². The fourth-order valence-electron chi connectivity index (χ4n) is 4.04. The summed E-state index contributed by atoms with van der Waals surface area (Å²) in [6, 6.07) is 20.9. The summed E-state index contributed by atoms with van der Waals surface area (Å²) >= 11 is 0. The summed E-state index contributed by atoms with van der Waals surface area (Å²) in [5, 5.41) is 7.95. The predicted octanol–water partition coefficient (Wildman–Crippen LogP) is 4.77. The van der Waals surface area contributed by atoms with Crippen LogP contribution in [0, 0.1) is 0 Å². The van der Waals surface area contributed by atoms with Crippen molar-refractivity contribution >= 4 is 11.9 Å². The van der Waals surface area contributed by atoms with Gasteiger partial charge in [0.05, 0.1) is 12.2 Å². The van der Waals surface area contributed by atoms with Crippen LogP contribution in [0.25, 0.3) is 11.4 Å². The number of hydrogen-bond donors (Lipinski definition) is 1. The fraction of sp³-hybridized carbons (Fsp3) is 0.185. The second kappa shape index (κ2) is 9.80. The van der Waals surface area contributed by atoms with Gasteiger partial charge in [-0.3, -0.25) is 4.98 Å². The molecule has 1 N–H and O–H groups in total. The van der Waals surface area contributed by atoms with Crippen LogP contribution in [0.15, 0.2) is 90.4 Å². The highest BCUT2D eigenvalue weighted by atomic mass is 16.5. The van der Waals surface area contributed by atoms with Crippen LogP contribution in [0.1, 0.15) is 31.0 Å². The van der Waals surface area contributed by atoms with E-state index in [9.17, 15) is 4.79 Å². The van der Waals surface area contributed by atoms with Gasteiger partial charge in [-0.15, -0.1) is 5.10 Å². The van der Waals surface area contributed by atoms with Crippen LogP contribution in [-0.2, 0) is 16.1 Å². The van der Waals surface area contributed by atoms with Gasteiger partial charge in [0.1, 0.15) is 18.4 Å². The fourth-order valence-corrected chi connectivity index (χ4v) is 4.04. The molecule has 1 atom stereocenters. The lowest BCUT2D eigenvalue weighted by atomic mass is 9.96. The van der Waals surface area contributed by atoms with Crippen LogP contribution < -0.4 is 10.1 Å². The largest absolute Gasteiger partial charge is 0.489 e. The number of pyridine rings is 1. The molecular formula is C27H25N5O3. The Labute approximate surface area is 203 Å². The summed E-state index contributed by atoms with van der Waals surface area (Å²) in [5.41, 5.74) is 3.91. The van der Waals surface area contributed by atoms with E-state index in [0.29, 0.717) is 29.6 Å². The van der Waals surface area contributed by atoms with Gasteiger partial charge in [-0.25, -0.2) is 9.48 Å². The van der Waals surface area contributed by atoms with E-state index in [4.69, 9.17) is 14.6 Å². The van der Waals surface area contributed by atoms with Gasteiger partial charge < -0.3 is 14.8 Å². The lowest BCUT2D eigenvalue weighted by Gasteiger charge is -2.28. The zero-order valence-electron chi connectivity index (χ0n) is 19.5. The normalized spacial score (nSPS) is 14.7. The lowest BCUT2D eigenvalue weighted by molar-refractivity contribution is -0.139. The number of hydrogen-bond acceptors (Lipinski definition) is 7. The first-order valence-corrected chi connectivity index (χ1v) is 11.4. The van der Waals surface area contributed by atoms with Crippen LogP contribution in [0.5, 0.6) is 5.75 Å². The van der Waals surface area contributed by atoms with E-state index in [1.165, 1.54) is 0 Å². The topological polar surface area (TPSA) is 91.2 Å². The Morgan fingerprint density at radius 1 is 1.06 bits per heavy atom. The average molecular weight is 468 g/mol. The lowest BCUT2D eigenvalue weighted by Crippen LogP contribution is -2.29. The minimum Gasteiger partial charge on any atom is -0.489 e. The Kier molecular flexibility index (Phi) is 6.26. The van der Waals surface area contributed by atoms with E-state index >= 15 is 0 Å². The molecule has 2 aromatic heterocycles. The van der Waals surface area contributed by atoms with E-state index in [-0.39, 0.29) is 6.61 Å². The third-order valence-electron chi connectivity index (χ3n) is 5.71. The third-order valence-corrected chi connectivity index (χ3v) is 5.71. The third kappa shape index (κ3) is 4.63. The Morgan fingerprint density at radius 3 is 2.57 bits per heavy atom. The predicted molar refractivity (Wildman–Crippen MR) is 132 cm³/mol. The molecule has 0 radical (unpaired) electrons. The number of esters is 1. The van der Waals surface area contributed by atoms with Crippen molar-refractivity contribution in [3.05, 3.63) is 102 Å². The molecule has 0 amide bonds. The van der Waals surface area contributed by atoms with Crippen molar-refractivity contribution in [2.75, 3.05) is 11.9 Å². The van der Waals surface area contributed by atoms with Crippen LogP contribution in [0.4, 0.5) is 5.95 Å². The van der Waals surface area contributed by atoms with Crippen LogP contribution in [-0.4, -0.2) is 32.3 Å². The first kappa shape index (κ1) is 22.3. The summed E-state index contributed by atoms with van der Waals surface area (Å²) in [6.45, 7) is 4.39.